The number of rotatable bonds is 9. The van der Waals surface area contributed by atoms with Crippen LogP contribution in [0.5, 0.6) is 17.2 Å². The first kappa shape index (κ1) is 21.0. The highest BCUT2D eigenvalue weighted by Crippen LogP contribution is 2.25. The monoisotopic (exact) mass is 389 g/mol. The number of hydrogen-bond acceptors (Lipinski definition) is 8. The minimum Gasteiger partial charge on any atom is -0.504 e. The van der Waals surface area contributed by atoms with Crippen LogP contribution in [-0.4, -0.2) is 48.5 Å². The predicted molar refractivity (Wildman–Crippen MR) is 100 cm³/mol. The van der Waals surface area contributed by atoms with E-state index in [1.54, 1.807) is 30.3 Å². The van der Waals surface area contributed by atoms with Gasteiger partial charge in [0.1, 0.15) is 11.8 Å². The van der Waals surface area contributed by atoms with Gasteiger partial charge < -0.3 is 30.2 Å². The van der Waals surface area contributed by atoms with Crippen molar-refractivity contribution in [1.29, 1.82) is 0 Å². The highest BCUT2D eigenvalue weighted by molar-refractivity contribution is 5.89. The van der Waals surface area contributed by atoms with Gasteiger partial charge in [0.05, 0.1) is 25.9 Å². The lowest BCUT2D eigenvalue weighted by atomic mass is 10.1. The number of phenols is 2. The van der Waals surface area contributed by atoms with Crippen LogP contribution in [0.25, 0.3) is 0 Å². The fraction of sp³-hybridized carbons (Fsp3) is 0.300. The molecule has 0 saturated carbocycles. The standard InChI is InChI=1S/C20H23NO7/c1-26-15-6-4-14(5-7-15)19(24)27-9-2-10-28-20(25)16(21)11-13-3-8-17(22)18(23)12-13/h3-8,12,16,22-23H,2,9-11,21H2,1H3/t16-/m0/s1. The van der Waals surface area contributed by atoms with Gasteiger partial charge in [-0.15, -0.1) is 0 Å². The van der Waals surface area contributed by atoms with E-state index in [1.807, 2.05) is 0 Å². The van der Waals surface area contributed by atoms with Crippen molar-refractivity contribution < 1.29 is 34.0 Å². The summed E-state index contributed by atoms with van der Waals surface area (Å²) in [5.41, 5.74) is 6.78. The predicted octanol–water partition coefficient (Wildman–Crippen LogP) is 1.77. The summed E-state index contributed by atoms with van der Waals surface area (Å²) in [6.45, 7) is 0.155. The lowest BCUT2D eigenvalue weighted by Gasteiger charge is -2.12. The highest BCUT2D eigenvalue weighted by atomic mass is 16.5. The van der Waals surface area contributed by atoms with Crippen molar-refractivity contribution in [3.8, 4) is 17.2 Å². The van der Waals surface area contributed by atoms with Gasteiger partial charge in [0.2, 0.25) is 0 Å². The lowest BCUT2D eigenvalue weighted by molar-refractivity contribution is -0.145. The third kappa shape index (κ3) is 6.17. The van der Waals surface area contributed by atoms with Gasteiger partial charge in [-0.2, -0.15) is 0 Å². The largest absolute Gasteiger partial charge is 0.504 e. The summed E-state index contributed by atoms with van der Waals surface area (Å²) >= 11 is 0. The van der Waals surface area contributed by atoms with Crippen molar-refractivity contribution in [2.24, 2.45) is 5.73 Å². The van der Waals surface area contributed by atoms with E-state index in [0.29, 0.717) is 23.3 Å². The second-order valence-corrected chi connectivity index (χ2v) is 6.02. The Morgan fingerprint density at radius 2 is 1.68 bits per heavy atom. The molecule has 28 heavy (non-hydrogen) atoms. The van der Waals surface area contributed by atoms with Crippen LogP contribution >= 0.6 is 0 Å². The Morgan fingerprint density at radius 3 is 2.32 bits per heavy atom. The average molecular weight is 389 g/mol. The van der Waals surface area contributed by atoms with Crippen molar-refractivity contribution in [2.45, 2.75) is 18.9 Å². The molecule has 0 aliphatic rings. The van der Waals surface area contributed by atoms with Crippen LogP contribution in [0.2, 0.25) is 0 Å². The third-order valence-electron chi connectivity index (χ3n) is 3.89. The Hall–Kier alpha value is -3.26. The van der Waals surface area contributed by atoms with Crippen LogP contribution in [0.3, 0.4) is 0 Å². The number of benzene rings is 2. The van der Waals surface area contributed by atoms with Gasteiger partial charge in [0, 0.05) is 6.42 Å². The molecule has 150 valence electrons. The van der Waals surface area contributed by atoms with Gasteiger partial charge in [-0.05, 0) is 48.4 Å². The third-order valence-corrected chi connectivity index (χ3v) is 3.89. The molecule has 0 unspecified atom stereocenters. The maximum atomic E-state index is 11.9. The van der Waals surface area contributed by atoms with E-state index in [4.69, 9.17) is 19.9 Å². The molecule has 0 bridgehead atoms. The van der Waals surface area contributed by atoms with Crippen LogP contribution in [0, 0.1) is 0 Å². The van der Waals surface area contributed by atoms with Crippen molar-refractivity contribution >= 4 is 11.9 Å². The maximum absolute atomic E-state index is 11.9. The summed E-state index contributed by atoms with van der Waals surface area (Å²) in [5, 5.41) is 18.7. The molecule has 0 spiro atoms. The maximum Gasteiger partial charge on any atom is 0.338 e. The lowest BCUT2D eigenvalue weighted by Crippen LogP contribution is -2.34. The number of ether oxygens (including phenoxy) is 3. The van der Waals surface area contributed by atoms with E-state index in [1.165, 1.54) is 19.2 Å². The summed E-state index contributed by atoms with van der Waals surface area (Å²) < 4.78 is 15.2. The molecular formula is C20H23NO7. The second kappa shape index (κ2) is 10.2. The Balaban J connectivity index is 1.67. The second-order valence-electron chi connectivity index (χ2n) is 6.02. The Labute approximate surface area is 162 Å². The summed E-state index contributed by atoms with van der Waals surface area (Å²) in [6, 6.07) is 9.82. The Kier molecular flexibility index (Phi) is 7.65. The summed E-state index contributed by atoms with van der Waals surface area (Å²) in [5.74, 6) is -0.963. The van der Waals surface area contributed by atoms with Crippen LogP contribution in [-0.2, 0) is 20.7 Å². The molecule has 2 aromatic carbocycles. The Morgan fingerprint density at radius 1 is 1.00 bits per heavy atom. The smallest absolute Gasteiger partial charge is 0.338 e. The number of esters is 2. The molecule has 0 radical (unpaired) electrons. The molecule has 1 atom stereocenters. The minimum absolute atomic E-state index is 0.0588. The topological polar surface area (TPSA) is 128 Å². The molecule has 0 aromatic heterocycles. The Bertz CT molecular complexity index is 805. The van der Waals surface area contributed by atoms with E-state index in [9.17, 15) is 19.8 Å². The van der Waals surface area contributed by atoms with E-state index in [-0.39, 0.29) is 31.1 Å². The number of carbonyl (C=O) groups excluding carboxylic acids is 2. The van der Waals surface area contributed by atoms with Gasteiger partial charge in [-0.25, -0.2) is 4.79 Å². The number of methoxy groups -OCH3 is 1. The summed E-state index contributed by atoms with van der Waals surface area (Å²) in [7, 11) is 1.54. The summed E-state index contributed by atoms with van der Waals surface area (Å²) in [6.07, 6.45) is 0.486. The first-order chi connectivity index (χ1) is 13.4. The molecule has 0 heterocycles. The average Bonchev–Trinajstić information content (AvgIpc) is 2.70. The van der Waals surface area contributed by atoms with Crippen molar-refractivity contribution in [1.82, 2.24) is 0 Å². The normalized spacial score (nSPS) is 11.5. The van der Waals surface area contributed by atoms with Crippen LogP contribution in [0.4, 0.5) is 0 Å². The molecular weight excluding hydrogens is 366 g/mol. The van der Waals surface area contributed by atoms with E-state index >= 15 is 0 Å². The molecule has 0 aliphatic heterocycles. The van der Waals surface area contributed by atoms with Gasteiger partial charge in [-0.3, -0.25) is 4.79 Å². The molecule has 2 aromatic rings. The number of hydrogen-bond donors (Lipinski definition) is 3. The molecule has 8 nitrogen and oxygen atoms in total. The van der Waals surface area contributed by atoms with Crippen molar-refractivity contribution in [2.75, 3.05) is 20.3 Å². The number of phenolic OH excluding ortho intramolecular Hbond substituents is 2. The number of aromatic hydroxyl groups is 2. The van der Waals surface area contributed by atoms with Crippen LogP contribution < -0.4 is 10.5 Å². The molecule has 4 N–H and O–H groups in total. The summed E-state index contributed by atoms with van der Waals surface area (Å²) in [4.78, 5) is 23.8. The van der Waals surface area contributed by atoms with E-state index < -0.39 is 18.0 Å². The molecule has 0 amide bonds. The first-order valence-corrected chi connectivity index (χ1v) is 8.65. The van der Waals surface area contributed by atoms with Crippen LogP contribution in [0.15, 0.2) is 42.5 Å². The van der Waals surface area contributed by atoms with E-state index in [2.05, 4.69) is 0 Å². The van der Waals surface area contributed by atoms with Gasteiger partial charge in [0.25, 0.3) is 0 Å². The zero-order chi connectivity index (χ0) is 20.5. The number of nitrogens with two attached hydrogens (primary N) is 1. The highest BCUT2D eigenvalue weighted by Gasteiger charge is 2.16. The number of carbonyl (C=O) groups is 2. The minimum atomic E-state index is -0.911. The zero-order valence-corrected chi connectivity index (χ0v) is 15.5. The van der Waals surface area contributed by atoms with E-state index in [0.717, 1.165) is 0 Å². The van der Waals surface area contributed by atoms with Crippen molar-refractivity contribution in [3.63, 3.8) is 0 Å². The zero-order valence-electron chi connectivity index (χ0n) is 15.5. The van der Waals surface area contributed by atoms with Crippen molar-refractivity contribution in [3.05, 3.63) is 53.6 Å². The quantitative estimate of drug-likeness (QED) is 0.336. The molecule has 8 heteroatoms. The van der Waals surface area contributed by atoms with Gasteiger partial charge >= 0.3 is 11.9 Å². The van der Waals surface area contributed by atoms with Gasteiger partial charge in [0.15, 0.2) is 11.5 Å². The fourth-order valence-corrected chi connectivity index (χ4v) is 2.35. The molecule has 0 fully saturated rings. The molecule has 2 rings (SSSR count). The SMILES string of the molecule is COc1ccc(C(=O)OCCCOC(=O)[C@@H](N)Cc2ccc(O)c(O)c2)cc1. The molecule has 0 aliphatic carbocycles. The molecule has 0 saturated heterocycles. The first-order valence-electron chi connectivity index (χ1n) is 8.65. The fourth-order valence-electron chi connectivity index (χ4n) is 2.35. The van der Waals surface area contributed by atoms with Crippen LogP contribution in [0.1, 0.15) is 22.3 Å². The van der Waals surface area contributed by atoms with Gasteiger partial charge in [-0.1, -0.05) is 6.07 Å².